The number of nitrogens with one attached hydrogen (secondary N) is 1. The molecular formula is C31H31N7O2. The third kappa shape index (κ3) is 4.86. The van der Waals surface area contributed by atoms with E-state index in [0.717, 1.165) is 56.9 Å². The molecule has 2 atom stereocenters. The first-order valence-corrected chi connectivity index (χ1v) is 13.4. The van der Waals surface area contributed by atoms with Gasteiger partial charge in [0, 0.05) is 43.5 Å². The lowest BCUT2D eigenvalue weighted by Crippen LogP contribution is -2.41. The summed E-state index contributed by atoms with van der Waals surface area (Å²) in [7, 11) is 1.97. The number of aryl methyl sites for hydroxylation is 2. The molecule has 4 heterocycles. The van der Waals surface area contributed by atoms with Gasteiger partial charge >= 0.3 is 0 Å². The van der Waals surface area contributed by atoms with Gasteiger partial charge in [-0.2, -0.15) is 0 Å². The number of hydrogen-bond donors (Lipinski definition) is 1. The van der Waals surface area contributed by atoms with Crippen molar-refractivity contribution in [1.82, 2.24) is 29.4 Å². The van der Waals surface area contributed by atoms with Gasteiger partial charge in [-0.3, -0.25) is 4.79 Å². The largest absolute Gasteiger partial charge is 0.457 e. The number of ether oxygens (including phenoxy) is 1. The number of benzene rings is 2. The average molecular weight is 534 g/mol. The van der Waals surface area contributed by atoms with E-state index in [0.29, 0.717) is 18.9 Å². The van der Waals surface area contributed by atoms with Crippen LogP contribution in [0.2, 0.25) is 0 Å². The first kappa shape index (κ1) is 25.5. The Morgan fingerprint density at radius 1 is 1.10 bits per heavy atom. The molecule has 0 aliphatic carbocycles. The molecule has 0 bridgehead atoms. The summed E-state index contributed by atoms with van der Waals surface area (Å²) in [5.74, 6) is 2.66. The van der Waals surface area contributed by atoms with E-state index >= 15 is 0 Å². The summed E-state index contributed by atoms with van der Waals surface area (Å²) in [4.78, 5) is 32.3. The average Bonchev–Trinajstić information content (AvgIpc) is 3.33. The second-order valence-corrected chi connectivity index (χ2v) is 10.4. The molecule has 9 heteroatoms. The zero-order valence-corrected chi connectivity index (χ0v) is 22.8. The Hall–Kier alpha value is -4.79. The first-order chi connectivity index (χ1) is 19.4. The van der Waals surface area contributed by atoms with Crippen LogP contribution in [0.3, 0.4) is 0 Å². The van der Waals surface area contributed by atoms with Crippen molar-refractivity contribution in [2.75, 3.05) is 18.4 Å². The minimum atomic E-state index is -0.0161. The van der Waals surface area contributed by atoms with Crippen LogP contribution < -0.4 is 10.1 Å². The van der Waals surface area contributed by atoms with Crippen molar-refractivity contribution in [3.05, 3.63) is 85.1 Å². The minimum Gasteiger partial charge on any atom is -0.457 e. The molecule has 2 aromatic carbocycles. The third-order valence-electron chi connectivity index (χ3n) is 7.64. The number of anilines is 2. The fraction of sp³-hybridized carbons (Fsp3) is 0.258. The molecule has 1 aliphatic rings. The maximum atomic E-state index is 12.1. The number of fused-ring (bicyclic) bond motifs is 2. The highest BCUT2D eigenvalue weighted by Crippen LogP contribution is 2.34. The van der Waals surface area contributed by atoms with Crippen LogP contribution in [-0.2, 0) is 11.8 Å². The SMILES string of the molecule is C=CC(=O)N1CC[C@@H](c2ccc3ncnc(Nc4ccc(Oc5ccc6c(c5)ncn6C)c(C)c4)c3n2)C(C)C1. The number of pyridine rings is 1. The highest BCUT2D eigenvalue weighted by molar-refractivity contribution is 5.88. The molecule has 1 saturated heterocycles. The van der Waals surface area contributed by atoms with Gasteiger partial charge in [-0.25, -0.2) is 19.9 Å². The first-order valence-electron chi connectivity index (χ1n) is 13.4. The van der Waals surface area contributed by atoms with Gasteiger partial charge in [0.15, 0.2) is 5.82 Å². The fourth-order valence-corrected chi connectivity index (χ4v) is 5.45. The van der Waals surface area contributed by atoms with Gasteiger partial charge in [0.1, 0.15) is 23.3 Å². The lowest BCUT2D eigenvalue weighted by molar-refractivity contribution is -0.127. The van der Waals surface area contributed by atoms with Crippen LogP contribution in [0.25, 0.3) is 22.1 Å². The van der Waals surface area contributed by atoms with Gasteiger partial charge in [0.2, 0.25) is 5.91 Å². The van der Waals surface area contributed by atoms with Crippen molar-refractivity contribution < 1.29 is 9.53 Å². The molecule has 202 valence electrons. The zero-order chi connectivity index (χ0) is 27.8. The van der Waals surface area contributed by atoms with Crippen molar-refractivity contribution in [3.63, 3.8) is 0 Å². The van der Waals surface area contributed by atoms with E-state index in [-0.39, 0.29) is 17.7 Å². The Morgan fingerprint density at radius 2 is 1.98 bits per heavy atom. The summed E-state index contributed by atoms with van der Waals surface area (Å²) in [5, 5.41) is 3.43. The zero-order valence-electron chi connectivity index (χ0n) is 22.8. The molecule has 3 aromatic heterocycles. The van der Waals surface area contributed by atoms with E-state index in [1.54, 1.807) is 12.7 Å². The molecule has 0 spiro atoms. The summed E-state index contributed by atoms with van der Waals surface area (Å²) in [6.07, 6.45) is 5.58. The van der Waals surface area contributed by atoms with E-state index in [2.05, 4.69) is 33.8 Å². The molecule has 0 radical (unpaired) electrons. The molecule has 5 aromatic rings. The number of imidazole rings is 1. The lowest BCUT2D eigenvalue weighted by Gasteiger charge is -2.36. The molecule has 1 aliphatic heterocycles. The van der Waals surface area contributed by atoms with E-state index in [1.165, 1.54) is 6.08 Å². The maximum absolute atomic E-state index is 12.1. The molecule has 6 rings (SSSR count). The Morgan fingerprint density at radius 3 is 2.77 bits per heavy atom. The van der Waals surface area contributed by atoms with Gasteiger partial charge in [0.25, 0.3) is 0 Å². The predicted octanol–water partition coefficient (Wildman–Crippen LogP) is 5.89. The summed E-state index contributed by atoms with van der Waals surface area (Å²) in [5.41, 5.74) is 6.29. The van der Waals surface area contributed by atoms with Crippen LogP contribution in [-0.4, -0.2) is 48.4 Å². The number of hydrogen-bond acceptors (Lipinski definition) is 7. The number of piperidine rings is 1. The number of rotatable bonds is 6. The monoisotopic (exact) mass is 533 g/mol. The summed E-state index contributed by atoms with van der Waals surface area (Å²) >= 11 is 0. The van der Waals surface area contributed by atoms with Crippen molar-refractivity contribution in [2.45, 2.75) is 26.2 Å². The van der Waals surface area contributed by atoms with Crippen LogP contribution in [0.4, 0.5) is 11.5 Å². The van der Waals surface area contributed by atoms with E-state index in [4.69, 9.17) is 9.72 Å². The summed E-state index contributed by atoms with van der Waals surface area (Å²) in [6, 6.07) is 15.9. The molecule has 40 heavy (non-hydrogen) atoms. The highest BCUT2D eigenvalue weighted by Gasteiger charge is 2.30. The Bertz CT molecular complexity index is 1750. The molecule has 9 nitrogen and oxygen atoms in total. The summed E-state index contributed by atoms with van der Waals surface area (Å²) in [6.45, 7) is 9.18. The number of carbonyl (C=O) groups excluding carboxylic acids is 1. The standard InChI is InChI=1S/C31H31N7O2/c1-5-29(39)38-13-12-23(20(3)16-38)24-8-9-25-30(36-24)31(33-17-32-25)35-21-6-11-28(19(2)14-21)40-22-7-10-27-26(15-22)34-18-37(27)4/h5-11,14-15,17-18,20,23H,1,12-13,16H2,2-4H3,(H,32,33,35)/t20?,23-/m1/s1. The third-order valence-corrected chi connectivity index (χ3v) is 7.64. The molecule has 1 amide bonds. The van der Waals surface area contributed by atoms with Crippen LogP contribution in [0.1, 0.15) is 30.5 Å². The number of carbonyl (C=O) groups is 1. The van der Waals surface area contributed by atoms with Gasteiger partial charge in [0.05, 0.1) is 22.9 Å². The predicted molar refractivity (Wildman–Crippen MR) is 156 cm³/mol. The van der Waals surface area contributed by atoms with Gasteiger partial charge in [-0.1, -0.05) is 13.5 Å². The maximum Gasteiger partial charge on any atom is 0.245 e. The van der Waals surface area contributed by atoms with Gasteiger partial charge in [-0.15, -0.1) is 0 Å². The molecule has 1 N–H and O–H groups in total. The Kier molecular flexibility index (Phi) is 6.63. The summed E-state index contributed by atoms with van der Waals surface area (Å²) < 4.78 is 8.16. The second-order valence-electron chi connectivity index (χ2n) is 10.4. The molecule has 1 unspecified atom stereocenters. The molecule has 1 fully saturated rings. The van der Waals surface area contributed by atoms with E-state index in [9.17, 15) is 4.79 Å². The number of aromatic nitrogens is 5. The fourth-order valence-electron chi connectivity index (χ4n) is 5.45. The normalized spacial score (nSPS) is 17.2. The van der Waals surface area contributed by atoms with Gasteiger partial charge < -0.3 is 19.5 Å². The number of amides is 1. The second kappa shape index (κ2) is 10.4. The van der Waals surface area contributed by atoms with Crippen LogP contribution >= 0.6 is 0 Å². The lowest BCUT2D eigenvalue weighted by atomic mass is 9.84. The van der Waals surface area contributed by atoms with Gasteiger partial charge in [-0.05, 0) is 73.4 Å². The smallest absolute Gasteiger partial charge is 0.245 e. The Labute approximate surface area is 232 Å². The number of likely N-dealkylation sites (tertiary alicyclic amines) is 1. The molecular weight excluding hydrogens is 502 g/mol. The van der Waals surface area contributed by atoms with Crippen LogP contribution in [0.5, 0.6) is 11.5 Å². The molecule has 0 saturated carbocycles. The minimum absolute atomic E-state index is 0.0161. The van der Waals surface area contributed by atoms with Crippen molar-refractivity contribution in [1.29, 1.82) is 0 Å². The Balaban J connectivity index is 1.22. The van der Waals surface area contributed by atoms with E-state index in [1.807, 2.05) is 72.0 Å². The van der Waals surface area contributed by atoms with Crippen LogP contribution in [0, 0.1) is 12.8 Å². The van der Waals surface area contributed by atoms with Crippen molar-refractivity contribution >= 4 is 39.5 Å². The van der Waals surface area contributed by atoms with Crippen molar-refractivity contribution in [2.24, 2.45) is 13.0 Å². The van der Waals surface area contributed by atoms with E-state index < -0.39 is 0 Å². The topological polar surface area (TPSA) is 98.1 Å². The van der Waals surface area contributed by atoms with Crippen LogP contribution in [0.15, 0.2) is 73.8 Å². The highest BCUT2D eigenvalue weighted by atomic mass is 16.5. The van der Waals surface area contributed by atoms with Crippen molar-refractivity contribution in [3.8, 4) is 11.5 Å². The number of nitrogens with zero attached hydrogens (tertiary/aromatic N) is 6. The quantitative estimate of drug-likeness (QED) is 0.272.